The second-order valence-corrected chi connectivity index (χ2v) is 5.12. The third-order valence-corrected chi connectivity index (χ3v) is 4.64. The van der Waals surface area contributed by atoms with Crippen LogP contribution in [0.4, 0.5) is 0 Å². The smallest absolute Gasteiger partial charge is 0.139 e. The summed E-state index contributed by atoms with van der Waals surface area (Å²) >= 11 is 0. The summed E-state index contributed by atoms with van der Waals surface area (Å²) in [5.41, 5.74) is 0. The average molecular weight is 164 g/mol. The normalized spacial score (nSPS) is 56.4. The first-order valence-electron chi connectivity index (χ1n) is 5.29. The van der Waals surface area contributed by atoms with Crippen molar-refractivity contribution in [3.63, 3.8) is 0 Å². The van der Waals surface area contributed by atoms with Crippen molar-refractivity contribution in [3.05, 3.63) is 0 Å². The van der Waals surface area contributed by atoms with Gasteiger partial charge in [0.25, 0.3) is 0 Å². The van der Waals surface area contributed by atoms with Gasteiger partial charge in [0.2, 0.25) is 0 Å². The molecule has 4 saturated carbocycles. The van der Waals surface area contributed by atoms with Crippen LogP contribution in [0.2, 0.25) is 0 Å². The SMILES string of the molecule is CC1C2CC3CC1CC(C2)C3=O. The molecule has 0 spiro atoms. The molecule has 1 nitrogen and oxygen atoms in total. The first-order chi connectivity index (χ1) is 5.75. The Hall–Kier alpha value is -0.330. The standard InChI is InChI=1S/C11H16O/c1-6-7-2-9-4-8(6)5-10(3-7)11(9)12/h6-10H,2-5H2,1H3. The second kappa shape index (κ2) is 2.12. The maximum absolute atomic E-state index is 11.7. The predicted octanol–water partition coefficient (Wildman–Crippen LogP) is 2.26. The molecular weight excluding hydrogens is 148 g/mol. The van der Waals surface area contributed by atoms with Gasteiger partial charge in [0, 0.05) is 11.8 Å². The van der Waals surface area contributed by atoms with Gasteiger partial charge in [-0.05, 0) is 43.4 Å². The fraction of sp³-hybridized carbons (Fsp3) is 0.909. The third kappa shape index (κ3) is 0.725. The Labute approximate surface area is 73.5 Å². The summed E-state index contributed by atoms with van der Waals surface area (Å²) in [4.78, 5) is 11.7. The summed E-state index contributed by atoms with van der Waals surface area (Å²) in [6, 6.07) is 0. The van der Waals surface area contributed by atoms with Gasteiger partial charge in [-0.2, -0.15) is 0 Å². The number of hydrogen-bond donors (Lipinski definition) is 0. The molecule has 0 aromatic rings. The molecular formula is C11H16O. The average Bonchev–Trinajstić information content (AvgIpc) is 2.02. The van der Waals surface area contributed by atoms with Crippen LogP contribution in [0.3, 0.4) is 0 Å². The van der Waals surface area contributed by atoms with E-state index >= 15 is 0 Å². The lowest BCUT2D eigenvalue weighted by atomic mass is 9.52. The molecule has 0 aliphatic heterocycles. The summed E-state index contributed by atoms with van der Waals surface area (Å²) < 4.78 is 0. The summed E-state index contributed by atoms with van der Waals surface area (Å²) in [5.74, 6) is 4.34. The van der Waals surface area contributed by atoms with Crippen molar-refractivity contribution in [2.45, 2.75) is 32.6 Å². The maximum Gasteiger partial charge on any atom is 0.139 e. The summed E-state index contributed by atoms with van der Waals surface area (Å²) in [7, 11) is 0. The molecule has 0 aromatic heterocycles. The molecule has 4 fully saturated rings. The van der Waals surface area contributed by atoms with E-state index in [0.29, 0.717) is 17.6 Å². The van der Waals surface area contributed by atoms with Gasteiger partial charge in [0.15, 0.2) is 0 Å². The molecule has 0 amide bonds. The number of rotatable bonds is 0. The highest BCUT2D eigenvalue weighted by Crippen LogP contribution is 2.54. The highest BCUT2D eigenvalue weighted by atomic mass is 16.1. The molecule has 0 atom stereocenters. The summed E-state index contributed by atoms with van der Waals surface area (Å²) in [6.07, 6.45) is 4.92. The fourth-order valence-electron chi connectivity index (χ4n) is 3.89. The monoisotopic (exact) mass is 164 g/mol. The van der Waals surface area contributed by atoms with E-state index in [0.717, 1.165) is 17.8 Å². The minimum Gasteiger partial charge on any atom is -0.299 e. The van der Waals surface area contributed by atoms with E-state index in [9.17, 15) is 4.79 Å². The van der Waals surface area contributed by atoms with Gasteiger partial charge >= 0.3 is 0 Å². The van der Waals surface area contributed by atoms with Crippen LogP contribution in [0.5, 0.6) is 0 Å². The van der Waals surface area contributed by atoms with Crippen LogP contribution in [-0.4, -0.2) is 5.78 Å². The van der Waals surface area contributed by atoms with E-state index in [1.807, 2.05) is 0 Å². The van der Waals surface area contributed by atoms with Crippen LogP contribution < -0.4 is 0 Å². The molecule has 66 valence electrons. The zero-order valence-corrected chi connectivity index (χ0v) is 7.62. The van der Waals surface area contributed by atoms with Gasteiger partial charge in [0.1, 0.15) is 5.78 Å². The van der Waals surface area contributed by atoms with Crippen molar-refractivity contribution in [1.29, 1.82) is 0 Å². The molecule has 4 rings (SSSR count). The Kier molecular flexibility index (Phi) is 1.26. The quantitative estimate of drug-likeness (QED) is 0.536. The molecule has 0 aromatic carbocycles. The fourth-order valence-corrected chi connectivity index (χ4v) is 3.89. The zero-order valence-electron chi connectivity index (χ0n) is 7.62. The van der Waals surface area contributed by atoms with Crippen LogP contribution in [-0.2, 0) is 4.79 Å². The van der Waals surface area contributed by atoms with Gasteiger partial charge in [0.05, 0.1) is 0 Å². The Morgan fingerprint density at radius 3 is 1.83 bits per heavy atom. The number of Topliss-reactive ketones (excluding diaryl/α,β-unsaturated/α-hetero) is 1. The minimum atomic E-state index is 0.490. The molecule has 4 aliphatic carbocycles. The lowest BCUT2D eigenvalue weighted by molar-refractivity contribution is -0.143. The Morgan fingerprint density at radius 1 is 1.00 bits per heavy atom. The summed E-state index contributed by atoms with van der Waals surface area (Å²) in [5, 5.41) is 0. The molecule has 12 heavy (non-hydrogen) atoms. The number of ketones is 1. The second-order valence-electron chi connectivity index (χ2n) is 5.12. The van der Waals surface area contributed by atoms with Crippen molar-refractivity contribution >= 4 is 5.78 Å². The van der Waals surface area contributed by atoms with Crippen molar-refractivity contribution in [1.82, 2.24) is 0 Å². The zero-order chi connectivity index (χ0) is 8.29. The van der Waals surface area contributed by atoms with Crippen molar-refractivity contribution in [2.24, 2.45) is 29.6 Å². The highest BCUT2D eigenvalue weighted by molar-refractivity contribution is 5.85. The number of hydrogen-bond acceptors (Lipinski definition) is 1. The Balaban J connectivity index is 1.96. The van der Waals surface area contributed by atoms with E-state index in [4.69, 9.17) is 0 Å². The van der Waals surface area contributed by atoms with E-state index < -0.39 is 0 Å². The summed E-state index contributed by atoms with van der Waals surface area (Å²) in [6.45, 7) is 2.40. The molecule has 0 N–H and O–H groups in total. The van der Waals surface area contributed by atoms with Crippen LogP contribution in [0.25, 0.3) is 0 Å². The van der Waals surface area contributed by atoms with E-state index in [-0.39, 0.29) is 0 Å². The van der Waals surface area contributed by atoms with Gasteiger partial charge in [-0.15, -0.1) is 0 Å². The Morgan fingerprint density at radius 2 is 1.42 bits per heavy atom. The largest absolute Gasteiger partial charge is 0.299 e. The molecule has 0 radical (unpaired) electrons. The van der Waals surface area contributed by atoms with Gasteiger partial charge < -0.3 is 0 Å². The van der Waals surface area contributed by atoms with E-state index in [1.165, 1.54) is 25.7 Å². The molecule has 4 aliphatic rings. The van der Waals surface area contributed by atoms with Crippen molar-refractivity contribution in [3.8, 4) is 0 Å². The Bertz CT molecular complexity index is 199. The third-order valence-electron chi connectivity index (χ3n) is 4.64. The highest BCUT2D eigenvalue weighted by Gasteiger charge is 2.50. The molecule has 0 saturated heterocycles. The van der Waals surface area contributed by atoms with Gasteiger partial charge in [-0.25, -0.2) is 0 Å². The van der Waals surface area contributed by atoms with Gasteiger partial charge in [-0.3, -0.25) is 4.79 Å². The molecule has 0 unspecified atom stereocenters. The van der Waals surface area contributed by atoms with Crippen molar-refractivity contribution in [2.75, 3.05) is 0 Å². The van der Waals surface area contributed by atoms with Crippen LogP contribution in [0.1, 0.15) is 32.6 Å². The first kappa shape index (κ1) is 7.11. The van der Waals surface area contributed by atoms with Crippen LogP contribution in [0.15, 0.2) is 0 Å². The first-order valence-corrected chi connectivity index (χ1v) is 5.29. The van der Waals surface area contributed by atoms with Gasteiger partial charge in [-0.1, -0.05) is 6.92 Å². The maximum atomic E-state index is 11.7. The molecule has 0 heterocycles. The predicted molar refractivity (Wildman–Crippen MR) is 46.6 cm³/mol. The number of carbonyl (C=O) groups excluding carboxylic acids is 1. The lowest BCUT2D eigenvalue weighted by Crippen LogP contribution is -2.49. The van der Waals surface area contributed by atoms with E-state index in [2.05, 4.69) is 6.92 Å². The van der Waals surface area contributed by atoms with Crippen molar-refractivity contribution < 1.29 is 4.79 Å². The van der Waals surface area contributed by atoms with Crippen LogP contribution in [0, 0.1) is 29.6 Å². The lowest BCUT2D eigenvalue weighted by Gasteiger charge is -2.52. The number of carbonyl (C=O) groups is 1. The topological polar surface area (TPSA) is 17.1 Å². The van der Waals surface area contributed by atoms with E-state index in [1.54, 1.807) is 0 Å². The minimum absolute atomic E-state index is 0.490. The molecule has 4 bridgehead atoms. The molecule has 1 heteroatoms. The van der Waals surface area contributed by atoms with Crippen LogP contribution >= 0.6 is 0 Å².